The second-order valence-corrected chi connectivity index (χ2v) is 3.43. The molecule has 15 heavy (non-hydrogen) atoms. The third-order valence-electron chi connectivity index (χ3n) is 2.50. The molecule has 0 fully saturated rings. The lowest BCUT2D eigenvalue weighted by atomic mass is 10.0. The van der Waals surface area contributed by atoms with Crippen molar-refractivity contribution in [2.75, 3.05) is 6.61 Å². The second kappa shape index (κ2) is 3.96. The minimum atomic E-state index is -0.630. The Bertz CT molecular complexity index is 402. The quantitative estimate of drug-likeness (QED) is 0.716. The van der Waals surface area contributed by atoms with Crippen LogP contribution in [0.15, 0.2) is 6.07 Å². The summed E-state index contributed by atoms with van der Waals surface area (Å²) in [7, 11) is 0. The average molecular weight is 212 g/mol. The number of benzene rings is 1. The molecule has 2 nitrogen and oxygen atoms in total. The number of hydrogen-bond donors (Lipinski definition) is 0. The number of rotatable bonds is 3. The number of carbonyl (C=O) groups excluding carboxylic acids is 1. The van der Waals surface area contributed by atoms with E-state index in [2.05, 4.69) is 0 Å². The normalized spacial score (nSPS) is 13.5. The molecule has 0 bridgehead atoms. The van der Waals surface area contributed by atoms with Crippen LogP contribution in [0.5, 0.6) is 5.75 Å². The van der Waals surface area contributed by atoms with Crippen molar-refractivity contribution in [2.45, 2.75) is 19.3 Å². The monoisotopic (exact) mass is 212 g/mol. The highest BCUT2D eigenvalue weighted by Gasteiger charge is 2.22. The Balaban J connectivity index is 2.41. The van der Waals surface area contributed by atoms with Crippen LogP contribution in [0.25, 0.3) is 0 Å². The van der Waals surface area contributed by atoms with Gasteiger partial charge in [0.25, 0.3) is 0 Å². The zero-order valence-corrected chi connectivity index (χ0v) is 8.06. The minimum absolute atomic E-state index is 0.00801. The number of carbonyl (C=O) groups is 1. The number of halogens is 2. The highest BCUT2D eigenvalue weighted by atomic mass is 19.1. The van der Waals surface area contributed by atoms with E-state index < -0.39 is 11.6 Å². The largest absolute Gasteiger partial charge is 0.493 e. The summed E-state index contributed by atoms with van der Waals surface area (Å²) in [5.41, 5.74) is 0.420. The van der Waals surface area contributed by atoms with Gasteiger partial charge in [-0.2, -0.15) is 0 Å². The zero-order valence-electron chi connectivity index (χ0n) is 8.06. The number of aldehydes is 1. The fraction of sp³-hybridized carbons (Fsp3) is 0.364. The topological polar surface area (TPSA) is 26.3 Å². The Kier molecular flexibility index (Phi) is 2.66. The number of ether oxygens (including phenoxy) is 1. The molecule has 0 spiro atoms. The van der Waals surface area contributed by atoms with Crippen molar-refractivity contribution in [2.24, 2.45) is 0 Å². The Hall–Kier alpha value is -1.45. The maximum atomic E-state index is 13.7. The molecule has 1 heterocycles. The van der Waals surface area contributed by atoms with Crippen LogP contribution in [0, 0.1) is 11.6 Å². The maximum Gasteiger partial charge on any atom is 0.136 e. The van der Waals surface area contributed by atoms with E-state index in [1.165, 1.54) is 6.07 Å². The summed E-state index contributed by atoms with van der Waals surface area (Å²) in [6.07, 6.45) is 1.36. The van der Waals surface area contributed by atoms with Crippen LogP contribution < -0.4 is 4.74 Å². The van der Waals surface area contributed by atoms with Gasteiger partial charge in [0.05, 0.1) is 6.61 Å². The van der Waals surface area contributed by atoms with Crippen LogP contribution in [0.3, 0.4) is 0 Å². The predicted molar refractivity (Wildman–Crippen MR) is 49.9 cm³/mol. The van der Waals surface area contributed by atoms with Crippen LogP contribution in [-0.4, -0.2) is 12.9 Å². The van der Waals surface area contributed by atoms with Crippen molar-refractivity contribution in [3.05, 3.63) is 28.8 Å². The first-order valence-corrected chi connectivity index (χ1v) is 4.80. The Morgan fingerprint density at radius 2 is 2.27 bits per heavy atom. The molecule has 4 heteroatoms. The van der Waals surface area contributed by atoms with Crippen LogP contribution in [0.2, 0.25) is 0 Å². The lowest BCUT2D eigenvalue weighted by Crippen LogP contribution is -2.00. The first-order chi connectivity index (χ1) is 7.24. The van der Waals surface area contributed by atoms with E-state index in [4.69, 9.17) is 4.74 Å². The van der Waals surface area contributed by atoms with Crippen LogP contribution in [0.4, 0.5) is 8.78 Å². The molecule has 0 unspecified atom stereocenters. The SMILES string of the molecule is O=CCCc1c(F)cc2c(c1F)CCO2. The fourth-order valence-corrected chi connectivity index (χ4v) is 1.74. The summed E-state index contributed by atoms with van der Waals surface area (Å²) in [4.78, 5) is 10.2. The fourth-order valence-electron chi connectivity index (χ4n) is 1.74. The first kappa shape index (κ1) is 10.1. The standard InChI is InChI=1S/C11H10F2O2/c12-9-6-10-8(3-5-15-10)11(13)7(9)2-1-4-14/h4,6H,1-3,5H2. The molecule has 1 aromatic carbocycles. The first-order valence-electron chi connectivity index (χ1n) is 4.80. The lowest BCUT2D eigenvalue weighted by Gasteiger charge is -2.07. The molecule has 0 atom stereocenters. The van der Waals surface area contributed by atoms with E-state index >= 15 is 0 Å². The molecule has 1 aliphatic heterocycles. The zero-order chi connectivity index (χ0) is 10.8. The van der Waals surface area contributed by atoms with Crippen molar-refractivity contribution in [3.63, 3.8) is 0 Å². The van der Waals surface area contributed by atoms with Gasteiger partial charge in [-0.05, 0) is 6.42 Å². The van der Waals surface area contributed by atoms with Gasteiger partial charge >= 0.3 is 0 Å². The van der Waals surface area contributed by atoms with Crippen molar-refractivity contribution < 1.29 is 18.3 Å². The van der Waals surface area contributed by atoms with Crippen molar-refractivity contribution in [1.29, 1.82) is 0 Å². The molecule has 80 valence electrons. The molecule has 1 aromatic rings. The molecule has 0 aliphatic carbocycles. The molecule has 0 radical (unpaired) electrons. The molecule has 0 amide bonds. The van der Waals surface area contributed by atoms with E-state index in [1.54, 1.807) is 0 Å². The molecule has 0 saturated heterocycles. The molecular formula is C11H10F2O2. The van der Waals surface area contributed by atoms with E-state index in [0.717, 1.165) is 0 Å². The maximum absolute atomic E-state index is 13.7. The van der Waals surface area contributed by atoms with E-state index in [9.17, 15) is 13.6 Å². The summed E-state index contributed by atoms with van der Waals surface area (Å²) in [6.45, 7) is 0.392. The summed E-state index contributed by atoms with van der Waals surface area (Å²) < 4.78 is 32.2. The molecule has 0 aromatic heterocycles. The highest BCUT2D eigenvalue weighted by molar-refractivity contribution is 5.51. The Morgan fingerprint density at radius 1 is 1.47 bits per heavy atom. The smallest absolute Gasteiger partial charge is 0.136 e. The average Bonchev–Trinajstić information content (AvgIpc) is 2.65. The van der Waals surface area contributed by atoms with Gasteiger partial charge in [0.15, 0.2) is 0 Å². The van der Waals surface area contributed by atoms with Gasteiger partial charge < -0.3 is 9.53 Å². The summed E-state index contributed by atoms with van der Waals surface area (Å²) in [6, 6.07) is 1.20. The van der Waals surface area contributed by atoms with Gasteiger partial charge in [-0.15, -0.1) is 0 Å². The summed E-state index contributed by atoms with van der Waals surface area (Å²) in [5.74, 6) is -0.890. The van der Waals surface area contributed by atoms with Crippen molar-refractivity contribution in [3.8, 4) is 5.75 Å². The van der Waals surface area contributed by atoms with Crippen molar-refractivity contribution in [1.82, 2.24) is 0 Å². The second-order valence-electron chi connectivity index (χ2n) is 3.43. The Labute approximate surface area is 85.9 Å². The number of hydrogen-bond acceptors (Lipinski definition) is 2. The summed E-state index contributed by atoms with van der Waals surface area (Å²) >= 11 is 0. The molecular weight excluding hydrogens is 202 g/mol. The predicted octanol–water partition coefficient (Wildman–Crippen LogP) is 2.03. The van der Waals surface area contributed by atoms with Gasteiger partial charge in [0.2, 0.25) is 0 Å². The molecule has 1 aliphatic rings. The molecule has 0 saturated carbocycles. The Morgan fingerprint density at radius 3 is 3.00 bits per heavy atom. The van der Waals surface area contributed by atoms with Gasteiger partial charge in [-0.3, -0.25) is 0 Å². The van der Waals surface area contributed by atoms with Crippen molar-refractivity contribution >= 4 is 6.29 Å². The third-order valence-corrected chi connectivity index (χ3v) is 2.50. The van der Waals surface area contributed by atoms with E-state index in [1.807, 2.05) is 0 Å². The highest BCUT2D eigenvalue weighted by Crippen LogP contribution is 2.31. The van der Waals surface area contributed by atoms with Crippen LogP contribution in [-0.2, 0) is 17.6 Å². The van der Waals surface area contributed by atoms with Gasteiger partial charge in [0.1, 0.15) is 23.7 Å². The third kappa shape index (κ3) is 1.71. The lowest BCUT2D eigenvalue weighted by molar-refractivity contribution is -0.107. The molecule has 2 rings (SSSR count). The van der Waals surface area contributed by atoms with Gasteiger partial charge in [0, 0.05) is 30.0 Å². The minimum Gasteiger partial charge on any atom is -0.493 e. The van der Waals surface area contributed by atoms with Gasteiger partial charge in [-0.25, -0.2) is 8.78 Å². The van der Waals surface area contributed by atoms with E-state index in [0.29, 0.717) is 30.6 Å². The van der Waals surface area contributed by atoms with Gasteiger partial charge in [-0.1, -0.05) is 0 Å². The summed E-state index contributed by atoms with van der Waals surface area (Å²) in [5, 5.41) is 0. The van der Waals surface area contributed by atoms with E-state index in [-0.39, 0.29) is 18.4 Å². The van der Waals surface area contributed by atoms with Crippen LogP contribution in [0.1, 0.15) is 17.5 Å². The van der Waals surface area contributed by atoms with Crippen LogP contribution >= 0.6 is 0 Å². The molecule has 0 N–H and O–H groups in total. The number of fused-ring (bicyclic) bond motifs is 1.